The van der Waals surface area contributed by atoms with Crippen molar-refractivity contribution in [2.24, 2.45) is 0 Å². The van der Waals surface area contributed by atoms with Gasteiger partial charge in [-0.1, -0.05) is 42.5 Å². The Labute approximate surface area is 163 Å². The van der Waals surface area contributed by atoms with Gasteiger partial charge < -0.3 is 15.4 Å². The van der Waals surface area contributed by atoms with Crippen molar-refractivity contribution in [2.75, 3.05) is 13.2 Å². The molecule has 0 aliphatic heterocycles. The molecule has 2 aromatic carbocycles. The number of benzene rings is 2. The highest BCUT2D eigenvalue weighted by Gasteiger charge is 2.11. The topological polar surface area (TPSA) is 63.2 Å². The zero-order valence-electron chi connectivity index (χ0n) is 15.5. The number of amides is 2. The maximum absolute atomic E-state index is 12.0. The maximum atomic E-state index is 12.0. The van der Waals surface area contributed by atoms with Gasteiger partial charge in [0.25, 0.3) is 0 Å². The summed E-state index contributed by atoms with van der Waals surface area (Å²) in [5, 5.41) is 6.67. The molecule has 0 saturated heterocycles. The van der Waals surface area contributed by atoms with E-state index in [0.29, 0.717) is 19.7 Å². The molecule has 0 radical (unpaired) electrons. The van der Waals surface area contributed by atoms with Gasteiger partial charge in [0.1, 0.15) is 17.4 Å². The average Bonchev–Trinajstić information content (AvgIpc) is 3.05. The van der Waals surface area contributed by atoms with Gasteiger partial charge in [-0.15, -0.1) is 11.3 Å². The van der Waals surface area contributed by atoms with E-state index < -0.39 is 0 Å². The van der Waals surface area contributed by atoms with E-state index in [1.54, 1.807) is 11.3 Å². The molecule has 0 aliphatic rings. The molecule has 0 spiro atoms. The Bertz CT molecular complexity index is 893. The molecule has 140 valence electrons. The lowest BCUT2D eigenvalue weighted by molar-refractivity contribution is 0.236. The van der Waals surface area contributed by atoms with Gasteiger partial charge in [0.05, 0.1) is 18.8 Å². The predicted octanol–water partition coefficient (Wildman–Crippen LogP) is 4.31. The zero-order valence-corrected chi connectivity index (χ0v) is 16.3. The van der Waals surface area contributed by atoms with Crippen molar-refractivity contribution in [1.82, 2.24) is 15.6 Å². The second-order valence-electron chi connectivity index (χ2n) is 6.11. The van der Waals surface area contributed by atoms with Gasteiger partial charge in [-0.3, -0.25) is 0 Å². The number of ether oxygens (including phenoxy) is 1. The molecule has 3 rings (SSSR count). The highest BCUT2D eigenvalue weighted by atomic mass is 32.1. The van der Waals surface area contributed by atoms with Crippen LogP contribution in [0.4, 0.5) is 4.79 Å². The van der Waals surface area contributed by atoms with E-state index in [1.807, 2.05) is 49.4 Å². The van der Waals surface area contributed by atoms with Crippen molar-refractivity contribution in [3.05, 3.63) is 70.7 Å². The van der Waals surface area contributed by atoms with Crippen molar-refractivity contribution in [1.29, 1.82) is 0 Å². The number of aromatic nitrogens is 1. The van der Waals surface area contributed by atoms with Gasteiger partial charge in [-0.2, -0.15) is 0 Å². The molecule has 0 aliphatic carbocycles. The third-order valence-electron chi connectivity index (χ3n) is 4.08. The summed E-state index contributed by atoms with van der Waals surface area (Å²) in [6.07, 6.45) is 0. The van der Waals surface area contributed by atoms with Crippen LogP contribution in [0.5, 0.6) is 5.75 Å². The van der Waals surface area contributed by atoms with Gasteiger partial charge in [0, 0.05) is 10.4 Å². The van der Waals surface area contributed by atoms with Gasteiger partial charge in [0.15, 0.2) is 0 Å². The molecule has 0 fully saturated rings. The number of thiazole rings is 1. The summed E-state index contributed by atoms with van der Waals surface area (Å²) in [5.74, 6) is 0.795. The molecule has 2 N–H and O–H groups in total. The van der Waals surface area contributed by atoms with E-state index in [1.165, 1.54) is 5.56 Å². The normalized spacial score (nSPS) is 10.4. The largest absolute Gasteiger partial charge is 0.492 e. The summed E-state index contributed by atoms with van der Waals surface area (Å²) >= 11 is 1.62. The fourth-order valence-corrected chi connectivity index (χ4v) is 3.69. The molecule has 5 nitrogen and oxygen atoms in total. The van der Waals surface area contributed by atoms with Crippen LogP contribution in [0.15, 0.2) is 54.6 Å². The van der Waals surface area contributed by atoms with Crippen molar-refractivity contribution in [3.8, 4) is 16.3 Å². The van der Waals surface area contributed by atoms with E-state index in [9.17, 15) is 4.79 Å². The summed E-state index contributed by atoms with van der Waals surface area (Å²) in [6, 6.07) is 17.5. The van der Waals surface area contributed by atoms with Crippen LogP contribution in [0.1, 0.15) is 16.1 Å². The van der Waals surface area contributed by atoms with E-state index in [-0.39, 0.29) is 6.03 Å². The van der Waals surface area contributed by atoms with Crippen molar-refractivity contribution < 1.29 is 9.53 Å². The number of nitrogens with zero attached hydrogens (tertiary/aromatic N) is 1. The van der Waals surface area contributed by atoms with Gasteiger partial charge >= 0.3 is 6.03 Å². The molecular weight excluding hydrogens is 358 g/mol. The molecular formula is C21H23N3O2S. The second kappa shape index (κ2) is 9.19. The van der Waals surface area contributed by atoms with Gasteiger partial charge in [0.2, 0.25) is 0 Å². The van der Waals surface area contributed by atoms with Crippen LogP contribution in [0.3, 0.4) is 0 Å². The number of urea groups is 1. The predicted molar refractivity (Wildman–Crippen MR) is 109 cm³/mol. The third-order valence-corrected chi connectivity index (χ3v) is 5.27. The van der Waals surface area contributed by atoms with Crippen LogP contribution in [0.2, 0.25) is 0 Å². The first-order chi connectivity index (χ1) is 13.1. The fraction of sp³-hybridized carbons (Fsp3) is 0.238. The molecule has 6 heteroatoms. The number of para-hydroxylation sites is 1. The summed E-state index contributed by atoms with van der Waals surface area (Å²) in [6.45, 7) is 5.38. The van der Waals surface area contributed by atoms with E-state index >= 15 is 0 Å². The lowest BCUT2D eigenvalue weighted by atomic mass is 10.1. The Hall–Kier alpha value is -2.86. The van der Waals surface area contributed by atoms with Crippen LogP contribution in [-0.4, -0.2) is 24.2 Å². The number of hydrogen-bond donors (Lipinski definition) is 2. The number of nitrogens with one attached hydrogen (secondary N) is 2. The summed E-state index contributed by atoms with van der Waals surface area (Å²) in [4.78, 5) is 17.7. The summed E-state index contributed by atoms with van der Waals surface area (Å²) in [5.41, 5.74) is 3.28. The smallest absolute Gasteiger partial charge is 0.315 e. The summed E-state index contributed by atoms with van der Waals surface area (Å²) < 4.78 is 5.55. The Morgan fingerprint density at radius 1 is 1.04 bits per heavy atom. The molecule has 27 heavy (non-hydrogen) atoms. The van der Waals surface area contributed by atoms with Gasteiger partial charge in [-0.25, -0.2) is 9.78 Å². The van der Waals surface area contributed by atoms with Crippen LogP contribution < -0.4 is 15.4 Å². The third kappa shape index (κ3) is 5.31. The van der Waals surface area contributed by atoms with Crippen LogP contribution in [0.25, 0.3) is 10.6 Å². The first-order valence-electron chi connectivity index (χ1n) is 8.85. The van der Waals surface area contributed by atoms with Crippen LogP contribution in [0, 0.1) is 13.8 Å². The van der Waals surface area contributed by atoms with E-state index in [0.717, 1.165) is 26.9 Å². The minimum absolute atomic E-state index is 0.211. The van der Waals surface area contributed by atoms with Crippen LogP contribution in [-0.2, 0) is 6.54 Å². The average molecular weight is 382 g/mol. The minimum Gasteiger partial charge on any atom is -0.492 e. The van der Waals surface area contributed by atoms with E-state index in [4.69, 9.17) is 4.74 Å². The Kier molecular flexibility index (Phi) is 6.44. The number of carbonyl (C=O) groups is 1. The lowest BCUT2D eigenvalue weighted by Crippen LogP contribution is -2.37. The molecule has 3 aromatic rings. The zero-order chi connectivity index (χ0) is 19.1. The van der Waals surface area contributed by atoms with Gasteiger partial charge in [-0.05, 0) is 31.5 Å². The number of carbonyl (C=O) groups excluding carboxylic acids is 1. The standard InChI is InChI=1S/C21H23N3O2S/c1-15-8-6-7-11-18(15)20-24-16(2)19(27-20)14-23-21(25)22-12-13-26-17-9-4-3-5-10-17/h3-11H,12-14H2,1-2H3,(H2,22,23,25). The highest BCUT2D eigenvalue weighted by Crippen LogP contribution is 2.29. The molecule has 1 heterocycles. The highest BCUT2D eigenvalue weighted by molar-refractivity contribution is 7.15. The SMILES string of the molecule is Cc1ccccc1-c1nc(C)c(CNC(=O)NCCOc2ccccc2)s1. The number of rotatable bonds is 7. The molecule has 2 amide bonds. The number of hydrogen-bond acceptors (Lipinski definition) is 4. The van der Waals surface area contributed by atoms with Crippen molar-refractivity contribution in [3.63, 3.8) is 0 Å². The maximum Gasteiger partial charge on any atom is 0.315 e. The molecule has 0 atom stereocenters. The Balaban J connectivity index is 1.46. The van der Waals surface area contributed by atoms with Crippen LogP contribution >= 0.6 is 11.3 Å². The monoisotopic (exact) mass is 381 g/mol. The minimum atomic E-state index is -0.211. The quantitative estimate of drug-likeness (QED) is 0.600. The first-order valence-corrected chi connectivity index (χ1v) is 9.67. The second-order valence-corrected chi connectivity index (χ2v) is 7.20. The van der Waals surface area contributed by atoms with Crippen molar-refractivity contribution >= 4 is 17.4 Å². The molecule has 1 aromatic heterocycles. The lowest BCUT2D eigenvalue weighted by Gasteiger charge is -2.08. The molecule has 0 bridgehead atoms. The van der Waals surface area contributed by atoms with Crippen molar-refractivity contribution in [2.45, 2.75) is 20.4 Å². The van der Waals surface area contributed by atoms with E-state index in [2.05, 4.69) is 34.7 Å². The first kappa shape index (κ1) is 18.9. The fourth-order valence-electron chi connectivity index (χ4n) is 2.59. The number of aryl methyl sites for hydroxylation is 2. The summed E-state index contributed by atoms with van der Waals surface area (Å²) in [7, 11) is 0. The molecule has 0 unspecified atom stereocenters. The Morgan fingerprint density at radius 2 is 1.78 bits per heavy atom. The Morgan fingerprint density at radius 3 is 2.56 bits per heavy atom. The molecule has 0 saturated carbocycles.